The summed E-state index contributed by atoms with van der Waals surface area (Å²) < 4.78 is 129. The van der Waals surface area contributed by atoms with Crippen molar-refractivity contribution in [1.29, 1.82) is 0 Å². The van der Waals surface area contributed by atoms with Crippen molar-refractivity contribution < 1.29 is 49.3 Å². The highest BCUT2D eigenvalue weighted by atomic mass is 19.3. The molecule has 198 valence electrons. The Morgan fingerprint density at radius 1 is 0.811 bits per heavy atom. The van der Waals surface area contributed by atoms with E-state index in [9.17, 15) is 35.1 Å². The van der Waals surface area contributed by atoms with Crippen LogP contribution >= 0.6 is 0 Å². The van der Waals surface area contributed by atoms with Gasteiger partial charge < -0.3 is 14.2 Å². The molecule has 0 aromatic heterocycles. The topological polar surface area (TPSA) is 27.7 Å². The van der Waals surface area contributed by atoms with E-state index in [1.165, 1.54) is 0 Å². The molecular formula is C26H20F8O3. The molecule has 1 aliphatic rings. The standard InChI is InChI=1S/C26H20F8O3/c1-2-3-13-11-35-25(36-12-13)15-8-19(28)23(20(29)9-15)26(33,34)37-16-4-5-17(18(27)10-16)14-6-21(30)24(32)22(31)7-14/h4-10,13,25H,2-3,11-12H2,1H3. The fourth-order valence-corrected chi connectivity index (χ4v) is 4.02. The highest BCUT2D eigenvalue weighted by Gasteiger charge is 2.42. The zero-order valence-corrected chi connectivity index (χ0v) is 19.3. The Hall–Kier alpha value is -3.18. The predicted octanol–water partition coefficient (Wildman–Crippen LogP) is 7.78. The van der Waals surface area contributed by atoms with Gasteiger partial charge in [0.25, 0.3) is 0 Å². The van der Waals surface area contributed by atoms with Gasteiger partial charge in [0.05, 0.1) is 13.2 Å². The van der Waals surface area contributed by atoms with Crippen LogP contribution in [0.1, 0.15) is 37.2 Å². The van der Waals surface area contributed by atoms with Crippen LogP contribution in [0.5, 0.6) is 5.75 Å². The van der Waals surface area contributed by atoms with E-state index in [0.717, 1.165) is 25.0 Å². The highest BCUT2D eigenvalue weighted by Crippen LogP contribution is 2.38. The number of hydrogen-bond donors (Lipinski definition) is 0. The summed E-state index contributed by atoms with van der Waals surface area (Å²) in [6.07, 6.45) is -3.99. The number of rotatable bonds is 7. The van der Waals surface area contributed by atoms with E-state index < -0.39 is 69.7 Å². The lowest BCUT2D eigenvalue weighted by atomic mass is 10.0. The van der Waals surface area contributed by atoms with E-state index in [-0.39, 0.29) is 24.7 Å². The highest BCUT2D eigenvalue weighted by molar-refractivity contribution is 5.65. The average Bonchev–Trinajstić information content (AvgIpc) is 2.82. The SMILES string of the molecule is CCCC1COC(c2cc(F)c(C(F)(F)Oc3ccc(-c4cc(F)c(F)c(F)c4)c(F)c3)c(F)c2)OC1. The minimum absolute atomic E-state index is 0.112. The molecule has 1 saturated heterocycles. The molecule has 1 aliphatic heterocycles. The van der Waals surface area contributed by atoms with Gasteiger partial charge in [-0.05, 0) is 48.4 Å². The van der Waals surface area contributed by atoms with Gasteiger partial charge in [-0.15, -0.1) is 0 Å². The Bertz CT molecular complexity index is 1240. The molecule has 0 N–H and O–H groups in total. The molecule has 3 nitrogen and oxygen atoms in total. The number of alkyl halides is 2. The Balaban J connectivity index is 1.54. The zero-order valence-electron chi connectivity index (χ0n) is 19.3. The van der Waals surface area contributed by atoms with Crippen LogP contribution in [0.15, 0.2) is 42.5 Å². The number of halogens is 8. The van der Waals surface area contributed by atoms with Gasteiger partial charge in [-0.1, -0.05) is 13.3 Å². The van der Waals surface area contributed by atoms with Crippen molar-refractivity contribution in [2.45, 2.75) is 32.2 Å². The minimum Gasteiger partial charge on any atom is -0.429 e. The smallest absolute Gasteiger partial charge is 0.429 e. The molecule has 3 aromatic rings. The summed E-state index contributed by atoms with van der Waals surface area (Å²) in [5.41, 5.74) is -2.72. The zero-order chi connectivity index (χ0) is 26.9. The molecule has 3 aromatic carbocycles. The largest absolute Gasteiger partial charge is 0.432 e. The summed E-state index contributed by atoms with van der Waals surface area (Å²) >= 11 is 0. The van der Waals surface area contributed by atoms with Crippen LogP contribution in [0, 0.1) is 40.8 Å². The third kappa shape index (κ3) is 5.72. The molecule has 0 bridgehead atoms. The quantitative estimate of drug-likeness (QED) is 0.230. The van der Waals surface area contributed by atoms with Crippen LogP contribution in [0.25, 0.3) is 11.1 Å². The number of benzene rings is 3. The van der Waals surface area contributed by atoms with E-state index >= 15 is 0 Å². The van der Waals surface area contributed by atoms with Gasteiger partial charge in [0.15, 0.2) is 23.7 Å². The van der Waals surface area contributed by atoms with Crippen LogP contribution in [-0.2, 0) is 15.6 Å². The molecular weight excluding hydrogens is 512 g/mol. The van der Waals surface area contributed by atoms with E-state index in [2.05, 4.69) is 4.74 Å². The van der Waals surface area contributed by atoms with E-state index in [4.69, 9.17) is 9.47 Å². The summed E-state index contributed by atoms with van der Waals surface area (Å²) in [5, 5.41) is 0. The Morgan fingerprint density at radius 3 is 1.95 bits per heavy atom. The first kappa shape index (κ1) is 26.9. The maximum atomic E-state index is 14.8. The molecule has 0 aliphatic carbocycles. The molecule has 0 spiro atoms. The summed E-state index contributed by atoms with van der Waals surface area (Å²) in [6.45, 7) is 2.54. The molecule has 0 saturated carbocycles. The van der Waals surface area contributed by atoms with Crippen molar-refractivity contribution in [2.24, 2.45) is 5.92 Å². The number of ether oxygens (including phenoxy) is 3. The van der Waals surface area contributed by atoms with Crippen molar-refractivity contribution in [3.05, 3.63) is 88.5 Å². The predicted molar refractivity (Wildman–Crippen MR) is 116 cm³/mol. The molecule has 37 heavy (non-hydrogen) atoms. The molecule has 1 heterocycles. The van der Waals surface area contributed by atoms with Crippen LogP contribution in [0.2, 0.25) is 0 Å². The van der Waals surface area contributed by atoms with Gasteiger partial charge >= 0.3 is 6.11 Å². The normalized spacial score (nSPS) is 18.2. The summed E-state index contributed by atoms with van der Waals surface area (Å²) in [4.78, 5) is 0. The van der Waals surface area contributed by atoms with Crippen molar-refractivity contribution in [1.82, 2.24) is 0 Å². The second kappa shape index (κ2) is 10.7. The van der Waals surface area contributed by atoms with Crippen LogP contribution < -0.4 is 4.74 Å². The van der Waals surface area contributed by atoms with Gasteiger partial charge in [0, 0.05) is 23.1 Å². The third-order valence-corrected chi connectivity index (χ3v) is 5.77. The van der Waals surface area contributed by atoms with Crippen LogP contribution in [-0.4, -0.2) is 13.2 Å². The van der Waals surface area contributed by atoms with E-state index in [1.807, 2.05) is 6.92 Å². The van der Waals surface area contributed by atoms with Crippen LogP contribution in [0.3, 0.4) is 0 Å². The van der Waals surface area contributed by atoms with Gasteiger partial charge in [-0.2, -0.15) is 8.78 Å². The minimum atomic E-state index is -4.57. The van der Waals surface area contributed by atoms with Gasteiger partial charge in [-0.3, -0.25) is 0 Å². The molecule has 4 rings (SSSR count). The summed E-state index contributed by atoms with van der Waals surface area (Å²) in [7, 11) is 0. The first-order chi connectivity index (χ1) is 17.5. The average molecular weight is 532 g/mol. The second-order valence-corrected chi connectivity index (χ2v) is 8.53. The Kier molecular flexibility index (Phi) is 7.75. The van der Waals surface area contributed by atoms with E-state index in [0.29, 0.717) is 30.3 Å². The van der Waals surface area contributed by atoms with E-state index in [1.54, 1.807) is 0 Å². The fourth-order valence-electron chi connectivity index (χ4n) is 4.02. The van der Waals surface area contributed by atoms with Crippen molar-refractivity contribution >= 4 is 0 Å². The molecule has 0 amide bonds. The summed E-state index contributed by atoms with van der Waals surface area (Å²) in [6, 6.07) is 4.38. The summed E-state index contributed by atoms with van der Waals surface area (Å²) in [5.74, 6) is -10.2. The maximum Gasteiger partial charge on any atom is 0.432 e. The van der Waals surface area contributed by atoms with Crippen LogP contribution in [0.4, 0.5) is 35.1 Å². The number of hydrogen-bond acceptors (Lipinski definition) is 3. The molecule has 0 atom stereocenters. The monoisotopic (exact) mass is 532 g/mol. The van der Waals surface area contributed by atoms with Crippen molar-refractivity contribution in [3.8, 4) is 16.9 Å². The van der Waals surface area contributed by atoms with Crippen molar-refractivity contribution in [3.63, 3.8) is 0 Å². The van der Waals surface area contributed by atoms with Gasteiger partial charge in [0.2, 0.25) is 0 Å². The van der Waals surface area contributed by atoms with Gasteiger partial charge in [-0.25, -0.2) is 26.3 Å². The second-order valence-electron chi connectivity index (χ2n) is 8.53. The Morgan fingerprint density at radius 2 is 1.41 bits per heavy atom. The molecule has 0 unspecified atom stereocenters. The third-order valence-electron chi connectivity index (χ3n) is 5.77. The fraction of sp³-hybridized carbons (Fsp3) is 0.308. The lowest BCUT2D eigenvalue weighted by Crippen LogP contribution is -2.28. The first-order valence-electron chi connectivity index (χ1n) is 11.2. The van der Waals surface area contributed by atoms with Gasteiger partial charge in [0.1, 0.15) is 28.8 Å². The molecule has 1 fully saturated rings. The maximum absolute atomic E-state index is 14.8. The Labute approximate surface area is 206 Å². The lowest BCUT2D eigenvalue weighted by Gasteiger charge is -2.30. The van der Waals surface area contributed by atoms with Crippen molar-refractivity contribution in [2.75, 3.05) is 13.2 Å². The molecule has 11 heteroatoms. The first-order valence-corrected chi connectivity index (χ1v) is 11.2. The lowest BCUT2D eigenvalue weighted by molar-refractivity contribution is -0.206. The molecule has 0 radical (unpaired) electrons.